The van der Waals surface area contributed by atoms with Crippen molar-refractivity contribution in [2.75, 3.05) is 13.1 Å². The van der Waals surface area contributed by atoms with Crippen molar-refractivity contribution in [2.24, 2.45) is 0 Å². The second-order valence-electron chi connectivity index (χ2n) is 3.07. The Kier molecular flexibility index (Phi) is 4.62. The van der Waals surface area contributed by atoms with E-state index >= 15 is 0 Å². The zero-order valence-corrected chi connectivity index (χ0v) is 10.2. The highest BCUT2D eigenvalue weighted by Crippen LogP contribution is 2.21. The van der Waals surface area contributed by atoms with E-state index < -0.39 is 11.7 Å². The van der Waals surface area contributed by atoms with Crippen molar-refractivity contribution in [1.82, 2.24) is 4.90 Å². The summed E-state index contributed by atoms with van der Waals surface area (Å²) in [6.45, 7) is -0.514. The lowest BCUT2D eigenvalue weighted by atomic mass is 10.2. The molecule has 1 amide bonds. The number of carbonyl (C=O) groups is 1. The number of hydrogen-bond donors (Lipinski definition) is 0. The van der Waals surface area contributed by atoms with E-state index in [1.54, 1.807) is 12.1 Å². The molecule has 0 unspecified atom stereocenters. The predicted octanol–water partition coefficient (Wildman–Crippen LogP) is 2.08. The third-order valence-corrected chi connectivity index (χ3v) is 2.65. The Morgan fingerprint density at radius 3 is 2.41 bits per heavy atom. The van der Waals surface area contributed by atoms with Gasteiger partial charge in [-0.3, -0.25) is 4.79 Å². The van der Waals surface area contributed by atoms with Gasteiger partial charge in [-0.25, -0.2) is 4.39 Å². The smallest absolute Gasteiger partial charge is 0.259 e. The molecule has 0 aromatic heterocycles. The Morgan fingerprint density at radius 1 is 1.35 bits per heavy atom. The van der Waals surface area contributed by atoms with Crippen LogP contribution in [0.3, 0.4) is 0 Å². The highest BCUT2D eigenvalue weighted by Gasteiger charge is 2.21. The average molecular weight is 296 g/mol. The Balaban J connectivity index is 3.11. The lowest BCUT2D eigenvalue weighted by Gasteiger charge is -2.16. The third kappa shape index (κ3) is 3.02. The van der Waals surface area contributed by atoms with Gasteiger partial charge in [-0.15, -0.1) is 0 Å². The molecule has 0 aliphatic carbocycles. The molecule has 1 aromatic carbocycles. The van der Waals surface area contributed by atoms with Crippen LogP contribution in [-0.4, -0.2) is 23.9 Å². The summed E-state index contributed by atoms with van der Waals surface area (Å²) in [5, 5.41) is 17.1. The summed E-state index contributed by atoms with van der Waals surface area (Å²) in [5.41, 5.74) is -0.169. The van der Waals surface area contributed by atoms with Gasteiger partial charge < -0.3 is 4.90 Å². The number of benzene rings is 1. The second-order valence-corrected chi connectivity index (χ2v) is 3.93. The van der Waals surface area contributed by atoms with Crippen LogP contribution < -0.4 is 0 Å². The summed E-state index contributed by atoms with van der Waals surface area (Å²) in [6, 6.07) is 7.64. The minimum absolute atomic E-state index is 0.169. The fraction of sp³-hybridized carbons (Fsp3) is 0.182. The molecule has 0 saturated carbocycles. The molecule has 0 saturated heterocycles. The van der Waals surface area contributed by atoms with Crippen LogP contribution in [0.25, 0.3) is 0 Å². The van der Waals surface area contributed by atoms with Gasteiger partial charge >= 0.3 is 0 Å². The first-order valence-electron chi connectivity index (χ1n) is 4.59. The van der Waals surface area contributed by atoms with E-state index in [-0.39, 0.29) is 18.7 Å². The summed E-state index contributed by atoms with van der Waals surface area (Å²) in [4.78, 5) is 12.9. The monoisotopic (exact) mass is 295 g/mol. The van der Waals surface area contributed by atoms with Gasteiger partial charge in [0.2, 0.25) is 0 Å². The van der Waals surface area contributed by atoms with Gasteiger partial charge in [0, 0.05) is 4.47 Å². The number of amides is 1. The molecule has 4 nitrogen and oxygen atoms in total. The highest BCUT2D eigenvalue weighted by atomic mass is 79.9. The van der Waals surface area contributed by atoms with E-state index in [4.69, 9.17) is 10.5 Å². The Hall–Kier alpha value is -1.92. The van der Waals surface area contributed by atoms with Crippen LogP contribution in [-0.2, 0) is 0 Å². The van der Waals surface area contributed by atoms with Crippen molar-refractivity contribution in [1.29, 1.82) is 10.5 Å². The summed E-state index contributed by atoms with van der Waals surface area (Å²) in [7, 11) is 0. The standard InChI is InChI=1S/C11H7BrFN3O/c12-8-2-1-3-9(13)10(8)11(17)16(6-4-14)7-5-15/h1-3H,6-7H2. The van der Waals surface area contributed by atoms with E-state index in [1.165, 1.54) is 12.1 Å². The molecule has 0 bridgehead atoms. The molecule has 0 N–H and O–H groups in total. The van der Waals surface area contributed by atoms with E-state index in [0.717, 1.165) is 11.0 Å². The summed E-state index contributed by atoms with van der Waals surface area (Å²) in [6.07, 6.45) is 0. The molecule has 0 aliphatic heterocycles. The second kappa shape index (κ2) is 5.97. The van der Waals surface area contributed by atoms with Gasteiger partial charge in [-0.05, 0) is 28.1 Å². The first kappa shape index (κ1) is 13.1. The van der Waals surface area contributed by atoms with E-state index in [1.807, 2.05) is 0 Å². The molecule has 0 atom stereocenters. The van der Waals surface area contributed by atoms with Gasteiger partial charge in [0.15, 0.2) is 0 Å². The fourth-order valence-electron chi connectivity index (χ4n) is 1.23. The normalized spacial score (nSPS) is 9.18. The largest absolute Gasteiger partial charge is 0.312 e. The van der Waals surface area contributed by atoms with Crippen LogP contribution >= 0.6 is 15.9 Å². The first-order chi connectivity index (χ1) is 8.11. The molecule has 0 aliphatic rings. The maximum Gasteiger partial charge on any atom is 0.259 e. The zero-order chi connectivity index (χ0) is 12.8. The highest BCUT2D eigenvalue weighted by molar-refractivity contribution is 9.10. The molecule has 86 valence electrons. The number of halogens is 2. The summed E-state index contributed by atoms with van der Waals surface area (Å²) in [5.74, 6) is -1.37. The van der Waals surface area contributed by atoms with Crippen molar-refractivity contribution in [3.63, 3.8) is 0 Å². The SMILES string of the molecule is N#CCN(CC#N)C(=O)c1c(F)cccc1Br. The van der Waals surface area contributed by atoms with Gasteiger partial charge in [0.25, 0.3) is 5.91 Å². The van der Waals surface area contributed by atoms with Crippen LogP contribution in [0.4, 0.5) is 4.39 Å². The maximum absolute atomic E-state index is 13.5. The Labute approximate surface area is 106 Å². The minimum Gasteiger partial charge on any atom is -0.312 e. The van der Waals surface area contributed by atoms with Gasteiger partial charge in [-0.2, -0.15) is 10.5 Å². The van der Waals surface area contributed by atoms with Crippen LogP contribution in [0.2, 0.25) is 0 Å². The number of hydrogen-bond acceptors (Lipinski definition) is 3. The lowest BCUT2D eigenvalue weighted by Crippen LogP contribution is -2.32. The van der Waals surface area contributed by atoms with Crippen LogP contribution in [0.5, 0.6) is 0 Å². The molecule has 17 heavy (non-hydrogen) atoms. The quantitative estimate of drug-likeness (QED) is 0.802. The number of nitrogens with zero attached hydrogens (tertiary/aromatic N) is 3. The van der Waals surface area contributed by atoms with Crippen LogP contribution in [0.1, 0.15) is 10.4 Å². The lowest BCUT2D eigenvalue weighted by molar-refractivity contribution is 0.0789. The molecule has 1 aromatic rings. The molecule has 0 spiro atoms. The predicted molar refractivity (Wildman–Crippen MR) is 61.2 cm³/mol. The Bertz CT molecular complexity index is 482. The number of nitriles is 2. The number of rotatable bonds is 3. The number of carbonyl (C=O) groups excluding carboxylic acids is 1. The van der Waals surface area contributed by atoms with Gasteiger partial charge in [0.05, 0.1) is 17.7 Å². The van der Waals surface area contributed by atoms with Crippen LogP contribution in [0.15, 0.2) is 22.7 Å². The molecule has 0 fully saturated rings. The third-order valence-electron chi connectivity index (χ3n) is 1.99. The fourth-order valence-corrected chi connectivity index (χ4v) is 1.74. The maximum atomic E-state index is 13.5. The van der Waals surface area contributed by atoms with Gasteiger partial charge in [-0.1, -0.05) is 6.07 Å². The van der Waals surface area contributed by atoms with Crippen molar-refractivity contribution < 1.29 is 9.18 Å². The molecule has 1 rings (SSSR count). The van der Waals surface area contributed by atoms with Crippen LogP contribution in [0, 0.1) is 28.5 Å². The zero-order valence-electron chi connectivity index (χ0n) is 8.65. The molecular weight excluding hydrogens is 289 g/mol. The van der Waals surface area contributed by atoms with E-state index in [2.05, 4.69) is 15.9 Å². The summed E-state index contributed by atoms with van der Waals surface area (Å²) < 4.78 is 13.8. The van der Waals surface area contributed by atoms with Crippen molar-refractivity contribution in [3.8, 4) is 12.1 Å². The molecular formula is C11H7BrFN3O. The molecule has 6 heteroatoms. The van der Waals surface area contributed by atoms with Gasteiger partial charge in [0.1, 0.15) is 18.9 Å². The Morgan fingerprint density at radius 2 is 1.94 bits per heavy atom. The summed E-state index contributed by atoms with van der Waals surface area (Å²) >= 11 is 3.06. The van der Waals surface area contributed by atoms with E-state index in [9.17, 15) is 9.18 Å². The first-order valence-corrected chi connectivity index (χ1v) is 5.38. The van der Waals surface area contributed by atoms with Crippen molar-refractivity contribution in [2.45, 2.75) is 0 Å². The van der Waals surface area contributed by atoms with Crippen molar-refractivity contribution in [3.05, 3.63) is 34.1 Å². The minimum atomic E-state index is -0.690. The average Bonchev–Trinajstić information content (AvgIpc) is 2.28. The topological polar surface area (TPSA) is 67.9 Å². The molecule has 0 heterocycles. The molecule has 0 radical (unpaired) electrons. The van der Waals surface area contributed by atoms with Crippen molar-refractivity contribution >= 4 is 21.8 Å². The van der Waals surface area contributed by atoms with E-state index in [0.29, 0.717) is 4.47 Å².